The summed E-state index contributed by atoms with van der Waals surface area (Å²) in [6, 6.07) is 3.59. The second kappa shape index (κ2) is 7.21. The summed E-state index contributed by atoms with van der Waals surface area (Å²) in [4.78, 5) is 22.4. The first-order valence-corrected chi connectivity index (χ1v) is 6.59. The first-order valence-electron chi connectivity index (χ1n) is 6.21. The van der Waals surface area contributed by atoms with Crippen molar-refractivity contribution in [2.45, 2.75) is 26.3 Å². The Balaban J connectivity index is 3.00. The maximum atomic E-state index is 12.1. The molecular weight excluding hydrogens is 284 g/mol. The van der Waals surface area contributed by atoms with Gasteiger partial charge in [-0.15, -0.1) is 0 Å². The topological polar surface area (TPSA) is 92.5 Å². The third kappa shape index (κ3) is 4.18. The number of aliphatic hydroxyl groups excluding tert-OH is 1. The molecule has 0 aliphatic rings. The molecule has 1 aromatic carbocycles. The van der Waals surface area contributed by atoms with Crippen molar-refractivity contribution in [3.63, 3.8) is 0 Å². The largest absolute Gasteiger partial charge is 0.394 e. The van der Waals surface area contributed by atoms with Gasteiger partial charge in [-0.3, -0.25) is 14.9 Å². The smallest absolute Gasteiger partial charge is 0.283 e. The van der Waals surface area contributed by atoms with E-state index in [0.29, 0.717) is 6.42 Å². The van der Waals surface area contributed by atoms with Gasteiger partial charge in [0.1, 0.15) is 5.56 Å². The summed E-state index contributed by atoms with van der Waals surface area (Å²) in [7, 11) is 0. The second-order valence-corrected chi connectivity index (χ2v) is 5.28. The lowest BCUT2D eigenvalue weighted by Crippen LogP contribution is -2.38. The SMILES string of the molecule is CC(C)CC(CO)NC(=O)c1c(Cl)cccc1[N+](=O)[O-]. The Kier molecular flexibility index (Phi) is 5.91. The summed E-state index contributed by atoms with van der Waals surface area (Å²) in [6.45, 7) is 3.67. The molecule has 0 aliphatic heterocycles. The molecule has 0 bridgehead atoms. The number of benzene rings is 1. The van der Waals surface area contributed by atoms with Crippen LogP contribution < -0.4 is 5.32 Å². The number of nitrogens with one attached hydrogen (secondary N) is 1. The van der Waals surface area contributed by atoms with E-state index < -0.39 is 16.9 Å². The molecule has 0 spiro atoms. The highest BCUT2D eigenvalue weighted by Gasteiger charge is 2.25. The second-order valence-electron chi connectivity index (χ2n) is 4.87. The molecule has 7 heteroatoms. The monoisotopic (exact) mass is 300 g/mol. The van der Waals surface area contributed by atoms with Gasteiger partial charge in [-0.2, -0.15) is 0 Å². The molecule has 0 radical (unpaired) electrons. The van der Waals surface area contributed by atoms with Crippen molar-refractivity contribution in [1.82, 2.24) is 5.32 Å². The first-order chi connectivity index (χ1) is 9.36. The molecule has 0 heterocycles. The van der Waals surface area contributed by atoms with Crippen LogP contribution in [0.2, 0.25) is 5.02 Å². The fraction of sp³-hybridized carbons (Fsp3) is 0.462. The van der Waals surface area contributed by atoms with E-state index in [1.54, 1.807) is 0 Å². The number of nitro groups is 1. The fourth-order valence-electron chi connectivity index (χ4n) is 1.90. The zero-order valence-electron chi connectivity index (χ0n) is 11.3. The maximum absolute atomic E-state index is 12.1. The summed E-state index contributed by atoms with van der Waals surface area (Å²) < 4.78 is 0. The molecule has 0 saturated carbocycles. The molecule has 20 heavy (non-hydrogen) atoms. The van der Waals surface area contributed by atoms with Gasteiger partial charge in [-0.05, 0) is 18.4 Å². The van der Waals surface area contributed by atoms with Crippen LogP contribution in [0.1, 0.15) is 30.6 Å². The van der Waals surface area contributed by atoms with Crippen LogP contribution in [-0.4, -0.2) is 28.6 Å². The van der Waals surface area contributed by atoms with Crippen LogP contribution in [-0.2, 0) is 0 Å². The summed E-state index contributed by atoms with van der Waals surface area (Å²) in [6.07, 6.45) is 0.570. The van der Waals surface area contributed by atoms with Gasteiger partial charge in [0.25, 0.3) is 11.6 Å². The number of nitrogens with zero attached hydrogens (tertiary/aromatic N) is 1. The Hall–Kier alpha value is -1.66. The predicted octanol–water partition coefficient (Wildman–Crippen LogP) is 2.38. The Morgan fingerprint density at radius 2 is 2.15 bits per heavy atom. The molecule has 110 valence electrons. The minimum Gasteiger partial charge on any atom is -0.394 e. The van der Waals surface area contributed by atoms with E-state index in [-0.39, 0.29) is 28.8 Å². The van der Waals surface area contributed by atoms with Crippen molar-refractivity contribution >= 4 is 23.2 Å². The van der Waals surface area contributed by atoms with E-state index in [1.165, 1.54) is 18.2 Å². The Bertz CT molecular complexity index is 505. The molecule has 6 nitrogen and oxygen atoms in total. The quantitative estimate of drug-likeness (QED) is 0.623. The minimum atomic E-state index is -0.656. The van der Waals surface area contributed by atoms with Crippen LogP contribution in [0.4, 0.5) is 5.69 Å². The van der Waals surface area contributed by atoms with Crippen molar-refractivity contribution < 1.29 is 14.8 Å². The Morgan fingerprint density at radius 3 is 2.65 bits per heavy atom. The fourth-order valence-corrected chi connectivity index (χ4v) is 2.15. The van der Waals surface area contributed by atoms with Crippen LogP contribution in [0.15, 0.2) is 18.2 Å². The lowest BCUT2D eigenvalue weighted by Gasteiger charge is -2.18. The standard InChI is InChI=1S/C13H17ClN2O4/c1-8(2)6-9(7-17)15-13(18)12-10(14)4-3-5-11(12)16(19)20/h3-5,8-9,17H,6-7H2,1-2H3,(H,15,18). The number of carbonyl (C=O) groups is 1. The van der Waals surface area contributed by atoms with Gasteiger partial charge < -0.3 is 10.4 Å². The third-order valence-corrected chi connectivity index (χ3v) is 3.04. The number of hydrogen-bond acceptors (Lipinski definition) is 4. The van der Waals surface area contributed by atoms with E-state index in [4.69, 9.17) is 11.6 Å². The third-order valence-electron chi connectivity index (χ3n) is 2.73. The maximum Gasteiger partial charge on any atom is 0.283 e. The van der Waals surface area contributed by atoms with E-state index in [0.717, 1.165) is 0 Å². The summed E-state index contributed by atoms with van der Waals surface area (Å²) in [5.74, 6) is -0.379. The molecule has 1 unspecified atom stereocenters. The number of aliphatic hydroxyl groups is 1. The van der Waals surface area contributed by atoms with Crippen molar-refractivity contribution in [2.24, 2.45) is 5.92 Å². The van der Waals surface area contributed by atoms with Gasteiger partial charge in [0.2, 0.25) is 0 Å². The molecule has 0 fully saturated rings. The number of hydrogen-bond donors (Lipinski definition) is 2. The molecule has 1 atom stereocenters. The lowest BCUT2D eigenvalue weighted by molar-refractivity contribution is -0.385. The zero-order chi connectivity index (χ0) is 15.3. The highest BCUT2D eigenvalue weighted by molar-refractivity contribution is 6.34. The number of amides is 1. The van der Waals surface area contributed by atoms with Crippen LogP contribution in [0, 0.1) is 16.0 Å². The average Bonchev–Trinajstić information content (AvgIpc) is 2.36. The normalized spacial score (nSPS) is 12.2. The van der Waals surface area contributed by atoms with Crippen molar-refractivity contribution in [3.05, 3.63) is 38.9 Å². The molecule has 0 saturated heterocycles. The zero-order valence-corrected chi connectivity index (χ0v) is 12.1. The number of nitro benzene ring substituents is 1. The van der Waals surface area contributed by atoms with Crippen LogP contribution in [0.25, 0.3) is 0 Å². The summed E-state index contributed by atoms with van der Waals surface area (Å²) in [5.41, 5.74) is -0.530. The molecule has 1 aromatic rings. The first kappa shape index (κ1) is 16.4. The van der Waals surface area contributed by atoms with Gasteiger partial charge in [0, 0.05) is 6.07 Å². The van der Waals surface area contributed by atoms with Crippen LogP contribution in [0.3, 0.4) is 0 Å². The molecule has 0 aromatic heterocycles. The lowest BCUT2D eigenvalue weighted by atomic mass is 10.0. The number of rotatable bonds is 6. The van der Waals surface area contributed by atoms with Gasteiger partial charge in [0.05, 0.1) is 22.6 Å². The average molecular weight is 301 g/mol. The predicted molar refractivity (Wildman–Crippen MR) is 75.9 cm³/mol. The number of carbonyl (C=O) groups excluding carboxylic acids is 1. The van der Waals surface area contributed by atoms with Gasteiger partial charge >= 0.3 is 0 Å². The van der Waals surface area contributed by atoms with E-state index in [1.807, 2.05) is 13.8 Å². The minimum absolute atomic E-state index is 0.0120. The Morgan fingerprint density at radius 1 is 1.50 bits per heavy atom. The van der Waals surface area contributed by atoms with Crippen molar-refractivity contribution in [1.29, 1.82) is 0 Å². The number of halogens is 1. The highest BCUT2D eigenvalue weighted by Crippen LogP contribution is 2.26. The molecule has 1 amide bonds. The molecular formula is C13H17ClN2O4. The summed E-state index contributed by atoms with van der Waals surface area (Å²) >= 11 is 5.87. The van der Waals surface area contributed by atoms with Crippen LogP contribution >= 0.6 is 11.6 Å². The van der Waals surface area contributed by atoms with E-state index in [2.05, 4.69) is 5.32 Å². The summed E-state index contributed by atoms with van der Waals surface area (Å²) in [5, 5.41) is 22.8. The van der Waals surface area contributed by atoms with E-state index >= 15 is 0 Å². The Labute approximate surface area is 121 Å². The van der Waals surface area contributed by atoms with Crippen molar-refractivity contribution in [3.8, 4) is 0 Å². The van der Waals surface area contributed by atoms with Gasteiger partial charge in [-0.1, -0.05) is 31.5 Å². The van der Waals surface area contributed by atoms with Gasteiger partial charge in [-0.25, -0.2) is 0 Å². The molecule has 0 aliphatic carbocycles. The van der Waals surface area contributed by atoms with Crippen molar-refractivity contribution in [2.75, 3.05) is 6.61 Å². The molecule has 2 N–H and O–H groups in total. The van der Waals surface area contributed by atoms with Crippen LogP contribution in [0.5, 0.6) is 0 Å². The van der Waals surface area contributed by atoms with E-state index in [9.17, 15) is 20.0 Å². The molecule has 1 rings (SSSR count). The van der Waals surface area contributed by atoms with Gasteiger partial charge in [0.15, 0.2) is 0 Å². The highest BCUT2D eigenvalue weighted by atomic mass is 35.5.